The van der Waals surface area contributed by atoms with Crippen molar-refractivity contribution in [3.8, 4) is 17.2 Å². The van der Waals surface area contributed by atoms with Crippen LogP contribution in [0.3, 0.4) is 0 Å². The number of hydrogen-bond acceptors (Lipinski definition) is 9. The SMILES string of the molecule is COc1cc2nc(C)nc(N[C@@H](C)Oc3cccc(C(F)(F)C(C)(C)O)c3F)c2cc1OC[C@@H]1CNCCO1. The second kappa shape index (κ2) is 11.4. The number of alkyl halides is 2. The number of aryl methyl sites for hydroxylation is 1. The van der Waals surface area contributed by atoms with E-state index < -0.39 is 34.9 Å². The van der Waals surface area contributed by atoms with Gasteiger partial charge in [0.1, 0.15) is 30.0 Å². The molecule has 12 heteroatoms. The van der Waals surface area contributed by atoms with Gasteiger partial charge in [-0.3, -0.25) is 0 Å². The van der Waals surface area contributed by atoms with Gasteiger partial charge in [0.2, 0.25) is 0 Å². The van der Waals surface area contributed by atoms with Crippen molar-refractivity contribution in [1.82, 2.24) is 15.3 Å². The first kappa shape index (κ1) is 28.7. The van der Waals surface area contributed by atoms with Gasteiger partial charge in [-0.15, -0.1) is 0 Å². The number of nitrogens with one attached hydrogen (secondary N) is 2. The lowest BCUT2D eigenvalue weighted by Gasteiger charge is -2.30. The molecule has 2 atom stereocenters. The number of hydrogen-bond donors (Lipinski definition) is 3. The molecule has 3 aromatic rings. The molecule has 1 aliphatic rings. The molecule has 0 bridgehead atoms. The monoisotopic (exact) mass is 550 g/mol. The molecule has 0 spiro atoms. The first-order chi connectivity index (χ1) is 18.4. The summed E-state index contributed by atoms with van der Waals surface area (Å²) < 4.78 is 67.3. The summed E-state index contributed by atoms with van der Waals surface area (Å²) in [5.41, 5.74) is -2.88. The van der Waals surface area contributed by atoms with Gasteiger partial charge in [-0.25, -0.2) is 14.4 Å². The zero-order valence-electron chi connectivity index (χ0n) is 22.5. The Balaban J connectivity index is 1.59. The lowest BCUT2D eigenvalue weighted by atomic mass is 9.93. The lowest BCUT2D eigenvalue weighted by Crippen LogP contribution is -2.41. The van der Waals surface area contributed by atoms with Crippen LogP contribution in [0.2, 0.25) is 0 Å². The fourth-order valence-electron chi connectivity index (χ4n) is 4.13. The van der Waals surface area contributed by atoms with Crippen LogP contribution in [0.1, 0.15) is 32.2 Å². The van der Waals surface area contributed by atoms with Crippen LogP contribution in [0, 0.1) is 12.7 Å². The van der Waals surface area contributed by atoms with Crippen LogP contribution >= 0.6 is 0 Å². The maximum Gasteiger partial charge on any atom is 0.303 e. The predicted molar refractivity (Wildman–Crippen MR) is 139 cm³/mol. The molecule has 3 N–H and O–H groups in total. The third-order valence-corrected chi connectivity index (χ3v) is 6.24. The third kappa shape index (κ3) is 6.29. The summed E-state index contributed by atoms with van der Waals surface area (Å²) in [5.74, 6) is -3.76. The van der Waals surface area contributed by atoms with Gasteiger partial charge in [0.15, 0.2) is 29.3 Å². The highest BCUT2D eigenvalue weighted by molar-refractivity contribution is 5.91. The van der Waals surface area contributed by atoms with Gasteiger partial charge >= 0.3 is 5.92 Å². The van der Waals surface area contributed by atoms with E-state index in [2.05, 4.69) is 20.6 Å². The van der Waals surface area contributed by atoms with E-state index in [9.17, 15) is 13.9 Å². The number of benzene rings is 2. The number of morpholine rings is 1. The fourth-order valence-corrected chi connectivity index (χ4v) is 4.13. The topological polar surface area (TPSA) is 107 Å². The molecular weight excluding hydrogens is 517 g/mol. The van der Waals surface area contributed by atoms with Crippen LogP contribution in [0.25, 0.3) is 10.9 Å². The highest BCUT2D eigenvalue weighted by Crippen LogP contribution is 2.42. The molecule has 0 unspecified atom stereocenters. The van der Waals surface area contributed by atoms with E-state index in [4.69, 9.17) is 18.9 Å². The van der Waals surface area contributed by atoms with Gasteiger partial charge in [-0.2, -0.15) is 8.78 Å². The first-order valence-electron chi connectivity index (χ1n) is 12.5. The Morgan fingerprint density at radius 1 is 1.21 bits per heavy atom. The van der Waals surface area contributed by atoms with E-state index >= 15 is 4.39 Å². The summed E-state index contributed by atoms with van der Waals surface area (Å²) in [5, 5.41) is 16.8. The first-order valence-corrected chi connectivity index (χ1v) is 12.5. The number of nitrogens with zero attached hydrogens (tertiary/aromatic N) is 2. The van der Waals surface area contributed by atoms with Crippen LogP contribution in [-0.2, 0) is 10.7 Å². The Hall–Kier alpha value is -3.35. The number of aliphatic hydroxyl groups is 1. The van der Waals surface area contributed by atoms with Crippen LogP contribution in [-0.4, -0.2) is 66.4 Å². The number of fused-ring (bicyclic) bond motifs is 1. The maximum absolute atomic E-state index is 15.1. The second-order valence-electron chi connectivity index (χ2n) is 9.80. The number of aromatic nitrogens is 2. The Labute approximate surface area is 224 Å². The zero-order chi connectivity index (χ0) is 28.4. The Bertz CT molecular complexity index is 1310. The van der Waals surface area contributed by atoms with Crippen LogP contribution in [0.15, 0.2) is 30.3 Å². The van der Waals surface area contributed by atoms with E-state index in [1.165, 1.54) is 19.2 Å². The van der Waals surface area contributed by atoms with E-state index in [1.54, 1.807) is 26.0 Å². The molecule has 2 aromatic carbocycles. The van der Waals surface area contributed by atoms with Crippen molar-refractivity contribution in [3.63, 3.8) is 0 Å². The van der Waals surface area contributed by atoms with Gasteiger partial charge < -0.3 is 34.7 Å². The standard InChI is InChI=1S/C27H33F3N4O5/c1-15-32-20-12-22(36-5)23(38-14-17-13-31-9-10-37-17)11-18(20)25(33-15)34-16(2)39-21-8-6-7-19(24(21)28)27(29,30)26(3,4)35/h6-8,11-12,16-17,31,35H,9-10,13-14H2,1-5H3,(H,32,33,34)/t16-,17+/m1/s1. The van der Waals surface area contributed by atoms with Crippen molar-refractivity contribution >= 4 is 16.7 Å². The van der Waals surface area contributed by atoms with Crippen molar-refractivity contribution in [3.05, 3.63) is 47.5 Å². The minimum absolute atomic E-state index is 0.117. The van der Waals surface area contributed by atoms with E-state index in [0.717, 1.165) is 26.5 Å². The van der Waals surface area contributed by atoms with E-state index in [-0.39, 0.29) is 6.10 Å². The molecule has 2 heterocycles. The van der Waals surface area contributed by atoms with Crippen molar-refractivity contribution in [2.75, 3.05) is 38.7 Å². The number of ether oxygens (including phenoxy) is 4. The Morgan fingerprint density at radius 2 is 1.97 bits per heavy atom. The Morgan fingerprint density at radius 3 is 2.64 bits per heavy atom. The molecule has 9 nitrogen and oxygen atoms in total. The summed E-state index contributed by atoms with van der Waals surface area (Å²) in [6.45, 7) is 7.48. The highest BCUT2D eigenvalue weighted by atomic mass is 19.3. The van der Waals surface area contributed by atoms with Gasteiger partial charge in [-0.05, 0) is 45.9 Å². The fraction of sp³-hybridized carbons (Fsp3) is 0.481. The van der Waals surface area contributed by atoms with Gasteiger partial charge in [0.05, 0.1) is 24.8 Å². The summed E-state index contributed by atoms with van der Waals surface area (Å²) in [6.07, 6.45) is -1.01. The summed E-state index contributed by atoms with van der Waals surface area (Å²) in [6, 6.07) is 6.84. The molecule has 0 saturated carbocycles. The Kier molecular flexibility index (Phi) is 8.38. The van der Waals surface area contributed by atoms with Crippen molar-refractivity contribution < 1.29 is 37.2 Å². The zero-order valence-corrected chi connectivity index (χ0v) is 22.5. The van der Waals surface area contributed by atoms with Gasteiger partial charge in [0.25, 0.3) is 0 Å². The number of methoxy groups -OCH3 is 1. The van der Waals surface area contributed by atoms with Crippen molar-refractivity contribution in [2.24, 2.45) is 0 Å². The largest absolute Gasteiger partial charge is 0.493 e. The van der Waals surface area contributed by atoms with Gasteiger partial charge in [-0.1, -0.05) is 6.07 Å². The van der Waals surface area contributed by atoms with Crippen LogP contribution < -0.4 is 24.8 Å². The normalized spacial score (nSPS) is 17.1. The molecule has 212 valence electrons. The second-order valence-corrected chi connectivity index (χ2v) is 9.80. The molecule has 39 heavy (non-hydrogen) atoms. The lowest BCUT2D eigenvalue weighted by molar-refractivity contribution is -0.170. The van der Waals surface area contributed by atoms with E-state index in [1.807, 2.05) is 0 Å². The number of anilines is 1. The molecule has 1 aromatic heterocycles. The smallest absolute Gasteiger partial charge is 0.303 e. The molecule has 4 rings (SSSR count). The minimum Gasteiger partial charge on any atom is -0.493 e. The molecule has 1 saturated heterocycles. The van der Waals surface area contributed by atoms with Crippen molar-refractivity contribution in [2.45, 2.75) is 51.6 Å². The molecule has 1 aliphatic heterocycles. The van der Waals surface area contributed by atoms with E-state index in [0.29, 0.717) is 53.8 Å². The van der Waals surface area contributed by atoms with Gasteiger partial charge in [0, 0.05) is 24.5 Å². The predicted octanol–water partition coefficient (Wildman–Crippen LogP) is 4.15. The molecule has 0 aliphatic carbocycles. The quantitative estimate of drug-likeness (QED) is 0.321. The molecular formula is C27H33F3N4O5. The molecule has 0 amide bonds. The highest BCUT2D eigenvalue weighted by Gasteiger charge is 2.49. The van der Waals surface area contributed by atoms with Crippen LogP contribution in [0.5, 0.6) is 17.2 Å². The molecule has 1 fully saturated rings. The molecule has 0 radical (unpaired) electrons. The summed E-state index contributed by atoms with van der Waals surface area (Å²) in [7, 11) is 1.53. The van der Waals surface area contributed by atoms with Crippen LogP contribution in [0.4, 0.5) is 19.0 Å². The number of rotatable bonds is 10. The van der Waals surface area contributed by atoms with Crippen molar-refractivity contribution in [1.29, 1.82) is 0 Å². The maximum atomic E-state index is 15.1. The third-order valence-electron chi connectivity index (χ3n) is 6.24. The number of halogens is 3. The minimum atomic E-state index is -3.85. The average molecular weight is 551 g/mol. The summed E-state index contributed by atoms with van der Waals surface area (Å²) in [4.78, 5) is 8.93. The summed E-state index contributed by atoms with van der Waals surface area (Å²) >= 11 is 0. The average Bonchev–Trinajstić information content (AvgIpc) is 2.88.